The van der Waals surface area contributed by atoms with Crippen molar-refractivity contribution >= 4 is 17.6 Å². The zero-order valence-electron chi connectivity index (χ0n) is 15.5. The first-order valence-corrected chi connectivity index (χ1v) is 8.87. The van der Waals surface area contributed by atoms with Crippen molar-refractivity contribution in [1.82, 2.24) is 14.9 Å². The minimum atomic E-state index is -0.155. The number of benzene rings is 1. The second-order valence-electron chi connectivity index (χ2n) is 6.88. The second kappa shape index (κ2) is 7.64. The molecule has 26 heavy (non-hydrogen) atoms. The number of hydrogen-bond donors (Lipinski definition) is 0. The van der Waals surface area contributed by atoms with Crippen LogP contribution in [0.3, 0.4) is 0 Å². The molecule has 1 amide bonds. The van der Waals surface area contributed by atoms with E-state index in [1.54, 1.807) is 16.0 Å². The summed E-state index contributed by atoms with van der Waals surface area (Å²) >= 11 is 0. The molecule has 6 heteroatoms. The number of carbonyl (C=O) groups excluding carboxylic acids is 2. The molecule has 1 saturated heterocycles. The molecule has 0 unspecified atom stereocenters. The van der Waals surface area contributed by atoms with Crippen LogP contribution in [0.15, 0.2) is 36.5 Å². The first kappa shape index (κ1) is 18.0. The first-order valence-electron chi connectivity index (χ1n) is 8.87. The van der Waals surface area contributed by atoms with Crippen LogP contribution in [0.5, 0.6) is 0 Å². The number of aromatic nitrogens is 2. The smallest absolute Gasteiger partial charge is 0.257 e. The highest BCUT2D eigenvalue weighted by atomic mass is 16.2. The lowest BCUT2D eigenvalue weighted by Gasteiger charge is -2.32. The van der Waals surface area contributed by atoms with Crippen molar-refractivity contribution in [2.45, 2.75) is 19.8 Å². The molecule has 1 aromatic carbocycles. The van der Waals surface area contributed by atoms with Gasteiger partial charge in [0.25, 0.3) is 5.91 Å². The normalized spacial score (nSPS) is 17.0. The van der Waals surface area contributed by atoms with E-state index < -0.39 is 0 Å². The molecule has 0 N–H and O–H groups in total. The van der Waals surface area contributed by atoms with Crippen LogP contribution in [0, 0.1) is 12.8 Å². The summed E-state index contributed by atoms with van der Waals surface area (Å²) in [4.78, 5) is 37.9. The summed E-state index contributed by atoms with van der Waals surface area (Å²) in [7, 11) is 3.72. The SMILES string of the molecule is Cc1nc(N(C)C)ncc1C(=O)N1CCC[C@@H](C(=O)c2ccccc2)C1. The number of hydrogen-bond acceptors (Lipinski definition) is 5. The Bertz CT molecular complexity index is 805. The molecular weight excluding hydrogens is 328 g/mol. The molecule has 1 atom stereocenters. The van der Waals surface area contributed by atoms with E-state index in [1.165, 1.54) is 0 Å². The summed E-state index contributed by atoms with van der Waals surface area (Å²) in [6, 6.07) is 9.30. The quantitative estimate of drug-likeness (QED) is 0.791. The molecule has 0 spiro atoms. The number of piperidine rings is 1. The molecule has 1 fully saturated rings. The third kappa shape index (κ3) is 3.74. The van der Waals surface area contributed by atoms with Crippen LogP contribution in [-0.4, -0.2) is 53.7 Å². The minimum Gasteiger partial charge on any atom is -0.347 e. The van der Waals surface area contributed by atoms with Crippen LogP contribution in [-0.2, 0) is 0 Å². The second-order valence-corrected chi connectivity index (χ2v) is 6.88. The maximum Gasteiger partial charge on any atom is 0.257 e. The van der Waals surface area contributed by atoms with E-state index in [9.17, 15) is 9.59 Å². The summed E-state index contributed by atoms with van der Waals surface area (Å²) in [5.41, 5.74) is 1.87. The topological polar surface area (TPSA) is 66.4 Å². The van der Waals surface area contributed by atoms with Crippen molar-refractivity contribution in [3.05, 3.63) is 53.3 Å². The highest BCUT2D eigenvalue weighted by Crippen LogP contribution is 2.23. The van der Waals surface area contributed by atoms with Crippen molar-refractivity contribution in [3.63, 3.8) is 0 Å². The van der Waals surface area contributed by atoms with Gasteiger partial charge in [0.05, 0.1) is 11.3 Å². The van der Waals surface area contributed by atoms with Gasteiger partial charge in [-0.2, -0.15) is 0 Å². The van der Waals surface area contributed by atoms with Crippen LogP contribution in [0.4, 0.5) is 5.95 Å². The molecule has 136 valence electrons. The van der Waals surface area contributed by atoms with E-state index in [4.69, 9.17) is 0 Å². The van der Waals surface area contributed by atoms with Gasteiger partial charge in [0.2, 0.25) is 5.95 Å². The summed E-state index contributed by atoms with van der Waals surface area (Å²) in [6.45, 7) is 2.92. The van der Waals surface area contributed by atoms with Gasteiger partial charge in [-0.3, -0.25) is 9.59 Å². The molecule has 2 heterocycles. The number of anilines is 1. The number of aryl methyl sites for hydroxylation is 1. The van der Waals surface area contributed by atoms with Crippen LogP contribution in [0.2, 0.25) is 0 Å². The van der Waals surface area contributed by atoms with Gasteiger partial charge in [0.1, 0.15) is 0 Å². The third-order valence-electron chi connectivity index (χ3n) is 4.73. The Morgan fingerprint density at radius 1 is 1.19 bits per heavy atom. The predicted octanol–water partition coefficient (Wildman–Crippen LogP) is 2.59. The molecule has 1 aliphatic rings. The number of Topliss-reactive ketones (excluding diaryl/α,β-unsaturated/α-hetero) is 1. The zero-order valence-corrected chi connectivity index (χ0v) is 15.5. The molecular formula is C20H24N4O2. The molecule has 6 nitrogen and oxygen atoms in total. The van der Waals surface area contributed by atoms with E-state index in [2.05, 4.69) is 9.97 Å². The molecule has 0 bridgehead atoms. The van der Waals surface area contributed by atoms with Crippen LogP contribution in [0.25, 0.3) is 0 Å². The molecule has 3 rings (SSSR count). The lowest BCUT2D eigenvalue weighted by molar-refractivity contribution is 0.0635. The average molecular weight is 352 g/mol. The minimum absolute atomic E-state index is 0.0987. The predicted molar refractivity (Wildman–Crippen MR) is 100 cm³/mol. The van der Waals surface area contributed by atoms with Gasteiger partial charge in [-0.1, -0.05) is 30.3 Å². The molecule has 1 aromatic heterocycles. The van der Waals surface area contributed by atoms with Crippen molar-refractivity contribution in [2.75, 3.05) is 32.1 Å². The van der Waals surface area contributed by atoms with E-state index in [0.29, 0.717) is 35.9 Å². The fourth-order valence-electron chi connectivity index (χ4n) is 3.26. The fraction of sp³-hybridized carbons (Fsp3) is 0.400. The molecule has 0 aliphatic carbocycles. The number of amides is 1. The Hall–Kier alpha value is -2.76. The van der Waals surface area contributed by atoms with Gasteiger partial charge in [-0.15, -0.1) is 0 Å². The van der Waals surface area contributed by atoms with E-state index in [1.807, 2.05) is 51.4 Å². The summed E-state index contributed by atoms with van der Waals surface area (Å²) in [5.74, 6) is 0.435. The zero-order chi connectivity index (χ0) is 18.7. The van der Waals surface area contributed by atoms with Gasteiger partial charge >= 0.3 is 0 Å². The van der Waals surface area contributed by atoms with Gasteiger partial charge < -0.3 is 9.80 Å². The Balaban J connectivity index is 1.75. The summed E-state index contributed by atoms with van der Waals surface area (Å²) < 4.78 is 0. The standard InChI is InChI=1S/C20H24N4O2/c1-14-17(12-21-20(22-14)23(2)3)19(26)24-11-7-10-16(13-24)18(25)15-8-5-4-6-9-15/h4-6,8-9,12,16H,7,10-11,13H2,1-3H3/t16-/m1/s1. The van der Waals surface area contributed by atoms with E-state index in [-0.39, 0.29) is 17.6 Å². The van der Waals surface area contributed by atoms with Gasteiger partial charge in [-0.25, -0.2) is 9.97 Å². The van der Waals surface area contributed by atoms with E-state index in [0.717, 1.165) is 12.8 Å². The maximum atomic E-state index is 12.9. The number of carbonyl (C=O) groups is 2. The van der Waals surface area contributed by atoms with Crippen molar-refractivity contribution in [2.24, 2.45) is 5.92 Å². The van der Waals surface area contributed by atoms with Gasteiger partial charge in [0.15, 0.2) is 5.78 Å². The molecule has 2 aromatic rings. The maximum absolute atomic E-state index is 12.9. The molecule has 0 radical (unpaired) electrons. The monoisotopic (exact) mass is 352 g/mol. The number of ketones is 1. The van der Waals surface area contributed by atoms with Crippen LogP contribution in [0.1, 0.15) is 39.3 Å². The van der Waals surface area contributed by atoms with Crippen molar-refractivity contribution in [1.29, 1.82) is 0 Å². The Labute approximate surface area is 153 Å². The number of nitrogens with zero attached hydrogens (tertiary/aromatic N) is 4. The van der Waals surface area contributed by atoms with Gasteiger partial charge in [0, 0.05) is 44.9 Å². The van der Waals surface area contributed by atoms with Crippen molar-refractivity contribution < 1.29 is 9.59 Å². The Kier molecular flexibility index (Phi) is 5.30. The Morgan fingerprint density at radius 2 is 1.92 bits per heavy atom. The summed E-state index contributed by atoms with van der Waals surface area (Å²) in [5, 5.41) is 0. The number of likely N-dealkylation sites (tertiary alicyclic amines) is 1. The highest BCUT2D eigenvalue weighted by molar-refractivity contribution is 5.99. The Morgan fingerprint density at radius 3 is 2.58 bits per heavy atom. The summed E-state index contributed by atoms with van der Waals surface area (Å²) in [6.07, 6.45) is 3.22. The largest absolute Gasteiger partial charge is 0.347 e. The molecule has 1 aliphatic heterocycles. The average Bonchev–Trinajstić information content (AvgIpc) is 2.67. The van der Waals surface area contributed by atoms with E-state index >= 15 is 0 Å². The lowest BCUT2D eigenvalue weighted by atomic mass is 9.89. The fourth-order valence-corrected chi connectivity index (χ4v) is 3.26. The third-order valence-corrected chi connectivity index (χ3v) is 4.73. The lowest BCUT2D eigenvalue weighted by Crippen LogP contribution is -2.42. The highest BCUT2D eigenvalue weighted by Gasteiger charge is 2.30. The number of rotatable bonds is 4. The van der Waals surface area contributed by atoms with Crippen molar-refractivity contribution in [3.8, 4) is 0 Å². The van der Waals surface area contributed by atoms with Crippen LogP contribution >= 0.6 is 0 Å². The van der Waals surface area contributed by atoms with Crippen LogP contribution < -0.4 is 4.90 Å². The first-order chi connectivity index (χ1) is 12.5. The molecule has 0 saturated carbocycles. The van der Waals surface area contributed by atoms with Gasteiger partial charge in [-0.05, 0) is 19.8 Å².